The molecule has 1 saturated heterocycles. The Bertz CT molecular complexity index is 1120. The number of rotatable bonds is 4. The Labute approximate surface area is 168 Å². The zero-order chi connectivity index (χ0) is 19.8. The molecule has 0 N–H and O–H groups in total. The normalized spacial score (nSPS) is 15.1. The fraction of sp³-hybridized carbons (Fsp3) is 0.333. The van der Waals surface area contributed by atoms with Crippen molar-refractivity contribution in [2.45, 2.75) is 18.8 Å². The van der Waals surface area contributed by atoms with E-state index >= 15 is 0 Å². The van der Waals surface area contributed by atoms with E-state index in [9.17, 15) is 0 Å². The van der Waals surface area contributed by atoms with Gasteiger partial charge in [-0.25, -0.2) is 14.6 Å². The van der Waals surface area contributed by atoms with Gasteiger partial charge in [0.2, 0.25) is 0 Å². The second kappa shape index (κ2) is 7.29. The van der Waals surface area contributed by atoms with E-state index in [1.54, 1.807) is 10.9 Å². The molecule has 8 heteroatoms. The van der Waals surface area contributed by atoms with Gasteiger partial charge in [0, 0.05) is 38.8 Å². The van der Waals surface area contributed by atoms with Crippen molar-refractivity contribution in [3.63, 3.8) is 0 Å². The van der Waals surface area contributed by atoms with Crippen LogP contribution in [0.3, 0.4) is 0 Å². The number of aryl methyl sites for hydroxylation is 1. The van der Waals surface area contributed by atoms with Crippen molar-refractivity contribution in [2.24, 2.45) is 14.1 Å². The molecule has 4 heterocycles. The Hall–Kier alpha value is -3.26. The third-order valence-electron chi connectivity index (χ3n) is 5.40. The molecule has 1 fully saturated rings. The van der Waals surface area contributed by atoms with Crippen molar-refractivity contribution in [2.75, 3.05) is 13.2 Å². The molecule has 0 aliphatic carbocycles. The zero-order valence-corrected chi connectivity index (χ0v) is 16.6. The van der Waals surface area contributed by atoms with Gasteiger partial charge in [0.1, 0.15) is 17.2 Å². The molecule has 1 aliphatic rings. The van der Waals surface area contributed by atoms with Crippen molar-refractivity contribution in [3.8, 4) is 28.6 Å². The molecule has 8 nitrogen and oxygen atoms in total. The summed E-state index contributed by atoms with van der Waals surface area (Å²) in [4.78, 5) is 9.62. The summed E-state index contributed by atoms with van der Waals surface area (Å²) in [6.07, 6.45) is 7.50. The number of aromatic nitrogens is 7. The standard InChI is InChI=1S/C21H23N7O/c1-26-14-17(12-23-26)28-21(24-19(25-28)15-8-10-29-11-9-15)18-13-22-20(27(18)2)16-6-4-3-5-7-16/h3-7,12-15H,8-11H2,1-2H3. The molecular formula is C21H23N7O. The van der Waals surface area contributed by atoms with Gasteiger partial charge in [-0.15, -0.1) is 0 Å². The smallest absolute Gasteiger partial charge is 0.181 e. The van der Waals surface area contributed by atoms with Crippen LogP contribution in [0.2, 0.25) is 0 Å². The first-order chi connectivity index (χ1) is 14.2. The maximum Gasteiger partial charge on any atom is 0.181 e. The maximum atomic E-state index is 5.51. The molecule has 0 amide bonds. The SMILES string of the molecule is Cn1cc(-n2nc(C3CCOCC3)nc2-c2cnc(-c3ccccc3)n2C)cn1. The molecule has 4 aromatic rings. The van der Waals surface area contributed by atoms with Crippen LogP contribution in [-0.2, 0) is 18.8 Å². The highest BCUT2D eigenvalue weighted by molar-refractivity contribution is 5.62. The highest BCUT2D eigenvalue weighted by Crippen LogP contribution is 2.30. The van der Waals surface area contributed by atoms with Crippen LogP contribution in [0.5, 0.6) is 0 Å². The molecular weight excluding hydrogens is 366 g/mol. The minimum absolute atomic E-state index is 0.308. The van der Waals surface area contributed by atoms with Crippen molar-refractivity contribution >= 4 is 0 Å². The lowest BCUT2D eigenvalue weighted by molar-refractivity contribution is 0.0836. The van der Waals surface area contributed by atoms with E-state index in [0.29, 0.717) is 5.92 Å². The number of nitrogens with zero attached hydrogens (tertiary/aromatic N) is 7. The van der Waals surface area contributed by atoms with Crippen LogP contribution in [0.15, 0.2) is 48.9 Å². The van der Waals surface area contributed by atoms with Crippen LogP contribution < -0.4 is 0 Å². The summed E-state index contributed by atoms with van der Waals surface area (Å²) < 4.78 is 11.2. The van der Waals surface area contributed by atoms with Gasteiger partial charge in [0.15, 0.2) is 11.6 Å². The molecule has 3 aromatic heterocycles. The molecule has 5 rings (SSSR count). The Morgan fingerprint density at radius 3 is 2.52 bits per heavy atom. The summed E-state index contributed by atoms with van der Waals surface area (Å²) in [5.74, 6) is 2.84. The molecule has 1 aliphatic heterocycles. The molecule has 1 aromatic carbocycles. The summed E-state index contributed by atoms with van der Waals surface area (Å²) in [5, 5.41) is 9.18. The molecule has 0 bridgehead atoms. The van der Waals surface area contributed by atoms with Crippen molar-refractivity contribution in [1.82, 2.24) is 34.1 Å². The minimum Gasteiger partial charge on any atom is -0.381 e. The van der Waals surface area contributed by atoms with E-state index < -0.39 is 0 Å². The Morgan fingerprint density at radius 2 is 1.79 bits per heavy atom. The van der Waals surface area contributed by atoms with E-state index in [1.807, 2.05) is 49.4 Å². The lowest BCUT2D eigenvalue weighted by Crippen LogP contribution is -2.15. The first-order valence-electron chi connectivity index (χ1n) is 9.82. The zero-order valence-electron chi connectivity index (χ0n) is 16.6. The van der Waals surface area contributed by atoms with E-state index in [4.69, 9.17) is 14.8 Å². The van der Waals surface area contributed by atoms with E-state index in [0.717, 1.165) is 60.5 Å². The second-order valence-electron chi connectivity index (χ2n) is 7.36. The lowest BCUT2D eigenvalue weighted by Gasteiger charge is -2.18. The minimum atomic E-state index is 0.308. The van der Waals surface area contributed by atoms with Gasteiger partial charge in [-0.05, 0) is 12.8 Å². The number of hydrogen-bond acceptors (Lipinski definition) is 5. The van der Waals surface area contributed by atoms with Crippen molar-refractivity contribution in [3.05, 3.63) is 54.7 Å². The fourth-order valence-corrected chi connectivity index (χ4v) is 3.79. The summed E-state index contributed by atoms with van der Waals surface area (Å²) in [5.41, 5.74) is 2.87. The quantitative estimate of drug-likeness (QED) is 0.536. The molecule has 0 saturated carbocycles. The van der Waals surface area contributed by atoms with Crippen LogP contribution in [0.25, 0.3) is 28.6 Å². The molecule has 29 heavy (non-hydrogen) atoms. The highest BCUT2D eigenvalue weighted by Gasteiger charge is 2.25. The largest absolute Gasteiger partial charge is 0.381 e. The van der Waals surface area contributed by atoms with Gasteiger partial charge < -0.3 is 9.30 Å². The predicted octanol–water partition coefficient (Wildman–Crippen LogP) is 2.96. The van der Waals surface area contributed by atoms with Gasteiger partial charge in [0.25, 0.3) is 0 Å². The monoisotopic (exact) mass is 389 g/mol. The summed E-state index contributed by atoms with van der Waals surface area (Å²) in [6.45, 7) is 1.51. The number of ether oxygens (including phenoxy) is 1. The van der Waals surface area contributed by atoms with Crippen LogP contribution in [0, 0.1) is 0 Å². The van der Waals surface area contributed by atoms with E-state index in [2.05, 4.69) is 26.8 Å². The maximum absolute atomic E-state index is 5.51. The number of benzene rings is 1. The molecule has 0 radical (unpaired) electrons. The number of imidazole rings is 1. The van der Waals surface area contributed by atoms with Gasteiger partial charge in [-0.1, -0.05) is 30.3 Å². The highest BCUT2D eigenvalue weighted by atomic mass is 16.5. The van der Waals surface area contributed by atoms with Gasteiger partial charge in [-0.2, -0.15) is 10.2 Å². The summed E-state index contributed by atoms with van der Waals surface area (Å²) >= 11 is 0. The topological polar surface area (TPSA) is 75.6 Å². The van der Waals surface area contributed by atoms with Crippen LogP contribution in [0.4, 0.5) is 0 Å². The Morgan fingerprint density at radius 1 is 1.00 bits per heavy atom. The molecule has 0 unspecified atom stereocenters. The van der Waals surface area contributed by atoms with E-state index in [1.165, 1.54) is 0 Å². The number of hydrogen-bond donors (Lipinski definition) is 0. The third kappa shape index (κ3) is 3.25. The van der Waals surface area contributed by atoms with Gasteiger partial charge in [0.05, 0.1) is 18.6 Å². The van der Waals surface area contributed by atoms with Crippen molar-refractivity contribution < 1.29 is 4.74 Å². The van der Waals surface area contributed by atoms with E-state index in [-0.39, 0.29) is 0 Å². The fourth-order valence-electron chi connectivity index (χ4n) is 3.79. The summed E-state index contributed by atoms with van der Waals surface area (Å²) in [7, 11) is 3.91. The van der Waals surface area contributed by atoms with Crippen LogP contribution in [0.1, 0.15) is 24.6 Å². The Kier molecular flexibility index (Phi) is 4.48. The average molecular weight is 389 g/mol. The van der Waals surface area contributed by atoms with Gasteiger partial charge >= 0.3 is 0 Å². The third-order valence-corrected chi connectivity index (χ3v) is 5.40. The lowest BCUT2D eigenvalue weighted by atomic mass is 10.00. The van der Waals surface area contributed by atoms with Crippen molar-refractivity contribution in [1.29, 1.82) is 0 Å². The average Bonchev–Trinajstić information content (AvgIpc) is 3.47. The first kappa shape index (κ1) is 17.8. The van der Waals surface area contributed by atoms with Crippen LogP contribution in [-0.4, -0.2) is 47.3 Å². The molecule has 0 atom stereocenters. The molecule has 0 spiro atoms. The molecule has 148 valence electrons. The second-order valence-corrected chi connectivity index (χ2v) is 7.36. The predicted molar refractivity (Wildman–Crippen MR) is 109 cm³/mol. The van der Waals surface area contributed by atoms with Crippen LogP contribution >= 0.6 is 0 Å². The first-order valence-corrected chi connectivity index (χ1v) is 9.82. The Balaban J connectivity index is 1.62. The van der Waals surface area contributed by atoms with Gasteiger partial charge in [-0.3, -0.25) is 4.68 Å². The summed E-state index contributed by atoms with van der Waals surface area (Å²) in [6, 6.07) is 10.2.